The highest BCUT2D eigenvalue weighted by atomic mass is 15.2. The lowest BCUT2D eigenvalue weighted by molar-refractivity contribution is -0.462. The van der Waals surface area contributed by atoms with Gasteiger partial charge in [-0.3, -0.25) is 0 Å². The smallest absolute Gasteiger partial charge is 0.198 e. The van der Waals surface area contributed by atoms with Crippen LogP contribution < -0.4 is 10.6 Å². The molecule has 132 valence electrons. The Balaban J connectivity index is 2.09. The van der Waals surface area contributed by atoms with Crippen LogP contribution >= 0.6 is 0 Å². The fourth-order valence-corrected chi connectivity index (χ4v) is 3.08. The summed E-state index contributed by atoms with van der Waals surface area (Å²) in [6.07, 6.45) is 5.95. The van der Waals surface area contributed by atoms with Gasteiger partial charge in [-0.2, -0.15) is 0 Å². The van der Waals surface area contributed by atoms with Crippen LogP contribution in [-0.4, -0.2) is 36.6 Å². The minimum atomic E-state index is 0.689. The summed E-state index contributed by atoms with van der Waals surface area (Å²) in [5.41, 5.74) is 13.1. The molecular weight excluding hydrogens is 320 g/mol. The van der Waals surface area contributed by atoms with Gasteiger partial charge in [0.1, 0.15) is 14.1 Å². The molecule has 2 aromatic carbocycles. The van der Waals surface area contributed by atoms with Crippen molar-refractivity contribution in [3.8, 4) is 0 Å². The molecule has 0 aliphatic carbocycles. The van der Waals surface area contributed by atoms with Crippen LogP contribution in [-0.2, 0) is 0 Å². The fraction of sp³-hybridized carbons (Fsp3) is 0.182. The van der Waals surface area contributed by atoms with Crippen molar-refractivity contribution in [3.63, 3.8) is 0 Å². The SMILES string of the molecule is C=CC(C=CC1=Nc2c(C)cc(N)cc2N(c2ccccc2)C1)=[N+](C)C. The van der Waals surface area contributed by atoms with Crippen molar-refractivity contribution in [1.82, 2.24) is 0 Å². The zero-order valence-electron chi connectivity index (χ0n) is 15.6. The van der Waals surface area contributed by atoms with Crippen molar-refractivity contribution in [1.29, 1.82) is 0 Å². The van der Waals surface area contributed by atoms with E-state index >= 15 is 0 Å². The second kappa shape index (κ2) is 7.40. The van der Waals surface area contributed by atoms with Gasteiger partial charge >= 0.3 is 0 Å². The Kier molecular flexibility index (Phi) is 5.03. The van der Waals surface area contributed by atoms with E-state index in [0.717, 1.165) is 39.7 Å². The molecule has 1 heterocycles. The summed E-state index contributed by atoms with van der Waals surface area (Å²) in [4.78, 5) is 7.15. The highest BCUT2D eigenvalue weighted by Gasteiger charge is 2.22. The third-order valence-electron chi connectivity index (χ3n) is 4.41. The molecule has 0 aromatic heterocycles. The molecule has 26 heavy (non-hydrogen) atoms. The van der Waals surface area contributed by atoms with E-state index in [1.165, 1.54) is 0 Å². The molecule has 1 aliphatic rings. The van der Waals surface area contributed by atoms with Crippen LogP contribution in [0.5, 0.6) is 0 Å². The highest BCUT2D eigenvalue weighted by molar-refractivity contribution is 6.10. The van der Waals surface area contributed by atoms with Gasteiger partial charge in [0.25, 0.3) is 0 Å². The molecule has 3 rings (SSSR count). The summed E-state index contributed by atoms with van der Waals surface area (Å²) in [6, 6.07) is 14.3. The lowest BCUT2D eigenvalue weighted by atomic mass is 10.1. The van der Waals surface area contributed by atoms with E-state index in [9.17, 15) is 0 Å². The van der Waals surface area contributed by atoms with E-state index in [4.69, 9.17) is 10.7 Å². The average Bonchev–Trinajstić information content (AvgIpc) is 2.62. The van der Waals surface area contributed by atoms with E-state index in [-0.39, 0.29) is 0 Å². The maximum atomic E-state index is 6.10. The molecule has 4 heteroatoms. The minimum Gasteiger partial charge on any atom is -0.399 e. The Bertz CT molecular complexity index is 917. The van der Waals surface area contributed by atoms with Crippen LogP contribution in [0.25, 0.3) is 0 Å². The number of anilines is 3. The van der Waals surface area contributed by atoms with Crippen LogP contribution in [0.1, 0.15) is 5.56 Å². The summed E-state index contributed by atoms with van der Waals surface area (Å²) in [5, 5.41) is 0. The van der Waals surface area contributed by atoms with Crippen molar-refractivity contribution in [2.75, 3.05) is 31.3 Å². The number of nitrogen functional groups attached to an aromatic ring is 1. The number of hydrogen-bond acceptors (Lipinski definition) is 3. The van der Waals surface area contributed by atoms with Gasteiger partial charge in [-0.25, -0.2) is 9.57 Å². The summed E-state index contributed by atoms with van der Waals surface area (Å²) in [5.74, 6) is 0. The van der Waals surface area contributed by atoms with Crippen molar-refractivity contribution in [3.05, 3.63) is 72.8 Å². The molecule has 4 nitrogen and oxygen atoms in total. The van der Waals surface area contributed by atoms with Gasteiger partial charge in [-0.15, -0.1) is 0 Å². The van der Waals surface area contributed by atoms with Crippen LogP contribution in [0, 0.1) is 6.92 Å². The third kappa shape index (κ3) is 3.59. The van der Waals surface area contributed by atoms with Crippen molar-refractivity contribution >= 4 is 34.2 Å². The van der Waals surface area contributed by atoms with Gasteiger partial charge in [-0.1, -0.05) is 24.8 Å². The van der Waals surface area contributed by atoms with E-state index < -0.39 is 0 Å². The van der Waals surface area contributed by atoms with Gasteiger partial charge in [0.05, 0.1) is 23.6 Å². The number of nitrogens with two attached hydrogens (primary N) is 1. The molecule has 0 saturated carbocycles. The maximum Gasteiger partial charge on any atom is 0.198 e. The number of nitrogens with zero attached hydrogens (tertiary/aromatic N) is 3. The van der Waals surface area contributed by atoms with Gasteiger partial charge in [0.15, 0.2) is 5.71 Å². The molecular formula is C22H25N4+. The molecule has 0 fully saturated rings. The predicted molar refractivity (Wildman–Crippen MR) is 113 cm³/mol. The molecule has 0 saturated heterocycles. The zero-order chi connectivity index (χ0) is 18.7. The van der Waals surface area contributed by atoms with Crippen molar-refractivity contribution in [2.45, 2.75) is 6.92 Å². The molecule has 1 aliphatic heterocycles. The summed E-state index contributed by atoms with van der Waals surface area (Å²) in [7, 11) is 4.01. The molecule has 0 radical (unpaired) electrons. The summed E-state index contributed by atoms with van der Waals surface area (Å²) < 4.78 is 2.03. The highest BCUT2D eigenvalue weighted by Crippen LogP contribution is 2.40. The van der Waals surface area contributed by atoms with Gasteiger partial charge in [0.2, 0.25) is 0 Å². The number of allylic oxidation sites excluding steroid dienone is 2. The minimum absolute atomic E-state index is 0.689. The topological polar surface area (TPSA) is 44.6 Å². The second-order valence-corrected chi connectivity index (χ2v) is 6.59. The Morgan fingerprint density at radius 3 is 2.62 bits per heavy atom. The first-order valence-corrected chi connectivity index (χ1v) is 8.64. The second-order valence-electron chi connectivity index (χ2n) is 6.59. The zero-order valence-corrected chi connectivity index (χ0v) is 15.6. The van der Waals surface area contributed by atoms with Gasteiger partial charge in [0, 0.05) is 23.5 Å². The number of aryl methyl sites for hydroxylation is 1. The first-order valence-electron chi connectivity index (χ1n) is 8.64. The first kappa shape index (κ1) is 17.7. The van der Waals surface area contributed by atoms with E-state index in [0.29, 0.717) is 6.54 Å². The van der Waals surface area contributed by atoms with Crippen molar-refractivity contribution < 1.29 is 4.58 Å². The van der Waals surface area contributed by atoms with Crippen LogP contribution in [0.2, 0.25) is 0 Å². The standard InChI is InChI=1S/C22H24N4/c1-5-19(25(3)4)12-11-18-15-26(20-9-7-6-8-10-20)21-14-17(23)13-16(2)22(21)24-18/h5-14,23H,1,15H2,2-4H3/p+1. The summed E-state index contributed by atoms with van der Waals surface area (Å²) in [6.45, 7) is 6.61. The lowest BCUT2D eigenvalue weighted by Gasteiger charge is -2.31. The summed E-state index contributed by atoms with van der Waals surface area (Å²) >= 11 is 0. The quantitative estimate of drug-likeness (QED) is 0.511. The molecule has 0 bridgehead atoms. The molecule has 2 N–H and O–H groups in total. The van der Waals surface area contributed by atoms with Gasteiger partial charge in [-0.05, 0) is 42.8 Å². The largest absolute Gasteiger partial charge is 0.399 e. The fourth-order valence-electron chi connectivity index (χ4n) is 3.08. The molecule has 0 amide bonds. The lowest BCUT2D eigenvalue weighted by Crippen LogP contribution is -2.27. The monoisotopic (exact) mass is 345 g/mol. The molecule has 2 aromatic rings. The number of fused-ring (bicyclic) bond motifs is 1. The number of rotatable bonds is 4. The number of hydrogen-bond donors (Lipinski definition) is 1. The van der Waals surface area contributed by atoms with E-state index in [1.54, 1.807) is 0 Å². The normalized spacial score (nSPS) is 13.3. The van der Waals surface area contributed by atoms with Crippen LogP contribution in [0.15, 0.2) is 72.3 Å². The van der Waals surface area contributed by atoms with E-state index in [1.807, 2.05) is 61.2 Å². The Morgan fingerprint density at radius 2 is 1.96 bits per heavy atom. The third-order valence-corrected chi connectivity index (χ3v) is 4.41. The maximum absolute atomic E-state index is 6.10. The number of aliphatic imine (C=N–C) groups is 1. The number of para-hydroxylation sites is 1. The molecule has 0 unspecified atom stereocenters. The van der Waals surface area contributed by atoms with Crippen LogP contribution in [0.3, 0.4) is 0 Å². The van der Waals surface area contributed by atoms with E-state index in [2.05, 4.69) is 36.6 Å². The Morgan fingerprint density at radius 1 is 1.23 bits per heavy atom. The predicted octanol–water partition coefficient (Wildman–Crippen LogP) is 4.26. The van der Waals surface area contributed by atoms with Crippen molar-refractivity contribution in [2.24, 2.45) is 4.99 Å². The van der Waals surface area contributed by atoms with Gasteiger partial charge < -0.3 is 10.6 Å². The average molecular weight is 345 g/mol. The Labute approximate surface area is 155 Å². The first-order chi connectivity index (χ1) is 12.5. The number of benzene rings is 2. The molecule has 0 spiro atoms. The molecule has 0 atom stereocenters. The van der Waals surface area contributed by atoms with Crippen LogP contribution in [0.4, 0.5) is 22.7 Å². The Hall–Kier alpha value is -3.14.